The third-order valence-corrected chi connectivity index (χ3v) is 3.41. The minimum Gasteiger partial charge on any atom is -0.366 e. The number of carbonyl (C=O) groups is 1. The lowest BCUT2D eigenvalue weighted by molar-refractivity contribution is -0.129. The Balaban J connectivity index is 0.00000144. The van der Waals surface area contributed by atoms with Crippen molar-refractivity contribution in [3.63, 3.8) is 0 Å². The monoisotopic (exact) mass is 262 g/mol. The van der Waals surface area contributed by atoms with Crippen LogP contribution in [0.25, 0.3) is 0 Å². The zero-order chi connectivity index (χ0) is 11.2. The Labute approximate surface area is 109 Å². The summed E-state index contributed by atoms with van der Waals surface area (Å²) in [6.07, 6.45) is 7.65. The van der Waals surface area contributed by atoms with Crippen LogP contribution >= 0.6 is 12.4 Å². The molecule has 1 aliphatic heterocycles. The van der Waals surface area contributed by atoms with Gasteiger partial charge in [0.2, 0.25) is 5.91 Å². The Morgan fingerprint density at radius 2 is 1.82 bits per heavy atom. The van der Waals surface area contributed by atoms with Gasteiger partial charge in [0.15, 0.2) is 0 Å². The second-order valence-electron chi connectivity index (χ2n) is 4.85. The molecule has 0 aromatic rings. The first-order valence-electron chi connectivity index (χ1n) is 6.46. The van der Waals surface area contributed by atoms with Crippen molar-refractivity contribution < 1.29 is 9.53 Å². The van der Waals surface area contributed by atoms with Gasteiger partial charge in [-0.05, 0) is 12.8 Å². The summed E-state index contributed by atoms with van der Waals surface area (Å²) in [6.45, 7) is 2.00. The second-order valence-corrected chi connectivity index (χ2v) is 4.85. The first kappa shape index (κ1) is 14.7. The van der Waals surface area contributed by atoms with Crippen molar-refractivity contribution in [3.8, 4) is 0 Å². The number of halogens is 1. The molecule has 1 heterocycles. The molecule has 2 aliphatic rings. The van der Waals surface area contributed by atoms with Crippen molar-refractivity contribution in [2.75, 3.05) is 19.7 Å². The van der Waals surface area contributed by atoms with Crippen molar-refractivity contribution in [3.05, 3.63) is 0 Å². The lowest BCUT2D eigenvalue weighted by Crippen LogP contribution is -2.50. The van der Waals surface area contributed by atoms with Crippen LogP contribution in [0.1, 0.15) is 38.5 Å². The lowest BCUT2D eigenvalue weighted by atomic mass is 10.1. The molecule has 2 N–H and O–H groups in total. The van der Waals surface area contributed by atoms with E-state index in [1.807, 2.05) is 0 Å². The number of hydrogen-bond acceptors (Lipinski definition) is 3. The highest BCUT2D eigenvalue weighted by Gasteiger charge is 2.19. The van der Waals surface area contributed by atoms with Crippen LogP contribution in [0.3, 0.4) is 0 Å². The highest BCUT2D eigenvalue weighted by molar-refractivity contribution is 5.85. The summed E-state index contributed by atoms with van der Waals surface area (Å²) in [7, 11) is 0. The van der Waals surface area contributed by atoms with Gasteiger partial charge in [-0.1, -0.05) is 25.7 Å². The number of carbonyl (C=O) groups excluding carboxylic acids is 1. The van der Waals surface area contributed by atoms with Gasteiger partial charge in [0.05, 0.1) is 6.10 Å². The van der Waals surface area contributed by atoms with Gasteiger partial charge in [-0.15, -0.1) is 12.4 Å². The highest BCUT2D eigenvalue weighted by Crippen LogP contribution is 2.17. The van der Waals surface area contributed by atoms with Crippen molar-refractivity contribution in [2.45, 2.75) is 50.7 Å². The fourth-order valence-electron chi connectivity index (χ4n) is 2.27. The number of amides is 1. The molecule has 1 saturated heterocycles. The molecule has 0 radical (unpaired) electrons. The molecule has 4 nitrogen and oxygen atoms in total. The van der Waals surface area contributed by atoms with Gasteiger partial charge in [0.25, 0.3) is 0 Å². The molecule has 17 heavy (non-hydrogen) atoms. The molecule has 2 rings (SSSR count). The van der Waals surface area contributed by atoms with E-state index >= 15 is 0 Å². The fraction of sp³-hybridized carbons (Fsp3) is 0.917. The molecule has 1 aliphatic carbocycles. The van der Waals surface area contributed by atoms with Crippen molar-refractivity contribution >= 4 is 18.3 Å². The van der Waals surface area contributed by atoms with Gasteiger partial charge in [-0.25, -0.2) is 0 Å². The standard InChI is InChI=1S/C12H22N2O2.ClH/c15-12(9-16-11-7-13-8-11)14-10-5-3-1-2-4-6-10;/h10-11,13H,1-9H2,(H,14,15);1H. The van der Waals surface area contributed by atoms with Crippen LogP contribution < -0.4 is 10.6 Å². The van der Waals surface area contributed by atoms with Crippen molar-refractivity contribution in [1.82, 2.24) is 10.6 Å². The van der Waals surface area contributed by atoms with E-state index < -0.39 is 0 Å². The molecule has 100 valence electrons. The van der Waals surface area contributed by atoms with E-state index in [9.17, 15) is 4.79 Å². The first-order valence-corrected chi connectivity index (χ1v) is 6.46. The van der Waals surface area contributed by atoms with Gasteiger partial charge in [0, 0.05) is 19.1 Å². The number of hydrogen-bond donors (Lipinski definition) is 2. The van der Waals surface area contributed by atoms with E-state index in [-0.39, 0.29) is 31.0 Å². The number of ether oxygens (including phenoxy) is 1. The van der Waals surface area contributed by atoms with Gasteiger partial charge in [0.1, 0.15) is 6.61 Å². The Kier molecular flexibility index (Phi) is 6.85. The Bertz CT molecular complexity index is 227. The van der Waals surface area contributed by atoms with Crippen LogP contribution in [0, 0.1) is 0 Å². The summed E-state index contributed by atoms with van der Waals surface area (Å²) in [5.74, 6) is 0.0544. The average molecular weight is 263 g/mol. The zero-order valence-corrected chi connectivity index (χ0v) is 11.1. The number of nitrogens with one attached hydrogen (secondary N) is 2. The maximum Gasteiger partial charge on any atom is 0.246 e. The van der Waals surface area contributed by atoms with E-state index in [0.29, 0.717) is 6.04 Å². The maximum atomic E-state index is 11.6. The normalized spacial score (nSPS) is 22.1. The molecule has 0 unspecified atom stereocenters. The number of rotatable bonds is 4. The SMILES string of the molecule is Cl.O=C(COC1CNC1)NC1CCCCCC1. The summed E-state index contributed by atoms with van der Waals surface area (Å²) >= 11 is 0. The van der Waals surface area contributed by atoms with Crippen LogP contribution in [-0.4, -0.2) is 37.7 Å². The zero-order valence-electron chi connectivity index (χ0n) is 10.2. The predicted octanol–water partition coefficient (Wildman–Crippen LogP) is 1.24. The van der Waals surface area contributed by atoms with Crippen LogP contribution in [-0.2, 0) is 9.53 Å². The maximum absolute atomic E-state index is 11.6. The minimum absolute atomic E-state index is 0. The summed E-state index contributed by atoms with van der Waals surface area (Å²) in [5.41, 5.74) is 0. The lowest BCUT2D eigenvalue weighted by Gasteiger charge is -2.27. The summed E-state index contributed by atoms with van der Waals surface area (Å²) < 4.78 is 5.44. The van der Waals surface area contributed by atoms with Gasteiger partial charge < -0.3 is 15.4 Å². The van der Waals surface area contributed by atoms with Crippen LogP contribution in [0.2, 0.25) is 0 Å². The summed E-state index contributed by atoms with van der Waals surface area (Å²) in [5, 5.41) is 6.20. The molecule has 0 spiro atoms. The van der Waals surface area contributed by atoms with Crippen LogP contribution in [0.5, 0.6) is 0 Å². The molecule has 2 fully saturated rings. The summed E-state index contributed by atoms with van der Waals surface area (Å²) in [6, 6.07) is 0.387. The molecule has 0 aromatic heterocycles. The van der Waals surface area contributed by atoms with Gasteiger partial charge in [-0.3, -0.25) is 4.79 Å². The van der Waals surface area contributed by atoms with Gasteiger partial charge >= 0.3 is 0 Å². The molecule has 0 atom stereocenters. The van der Waals surface area contributed by atoms with Crippen LogP contribution in [0.4, 0.5) is 0 Å². The quantitative estimate of drug-likeness (QED) is 0.750. The minimum atomic E-state index is 0. The van der Waals surface area contributed by atoms with E-state index in [0.717, 1.165) is 25.9 Å². The first-order chi connectivity index (χ1) is 7.84. The van der Waals surface area contributed by atoms with Gasteiger partial charge in [-0.2, -0.15) is 0 Å². The Morgan fingerprint density at radius 1 is 1.18 bits per heavy atom. The van der Waals surface area contributed by atoms with Crippen LogP contribution in [0.15, 0.2) is 0 Å². The topological polar surface area (TPSA) is 50.4 Å². The smallest absolute Gasteiger partial charge is 0.246 e. The van der Waals surface area contributed by atoms with Crippen molar-refractivity contribution in [2.24, 2.45) is 0 Å². The molecular weight excluding hydrogens is 240 g/mol. The van der Waals surface area contributed by atoms with E-state index in [1.54, 1.807) is 0 Å². The molecular formula is C12H23ClN2O2. The molecule has 0 aromatic carbocycles. The molecule has 5 heteroatoms. The second kappa shape index (κ2) is 7.90. The predicted molar refractivity (Wildman–Crippen MR) is 69.5 cm³/mol. The Morgan fingerprint density at radius 3 is 2.35 bits per heavy atom. The summed E-state index contributed by atoms with van der Waals surface area (Å²) in [4.78, 5) is 11.6. The van der Waals surface area contributed by atoms with E-state index in [4.69, 9.17) is 4.74 Å². The fourth-order valence-corrected chi connectivity index (χ4v) is 2.27. The molecule has 1 saturated carbocycles. The third kappa shape index (κ3) is 5.23. The Hall–Kier alpha value is -0.320. The largest absolute Gasteiger partial charge is 0.366 e. The van der Waals surface area contributed by atoms with Crippen molar-refractivity contribution in [1.29, 1.82) is 0 Å². The molecule has 0 bridgehead atoms. The average Bonchev–Trinajstić information content (AvgIpc) is 2.44. The van der Waals surface area contributed by atoms with E-state index in [1.165, 1.54) is 25.7 Å². The highest BCUT2D eigenvalue weighted by atomic mass is 35.5. The third-order valence-electron chi connectivity index (χ3n) is 3.41. The molecule has 1 amide bonds. The van der Waals surface area contributed by atoms with E-state index in [2.05, 4.69) is 10.6 Å².